The molecule has 0 spiro atoms. The lowest BCUT2D eigenvalue weighted by Gasteiger charge is -2.43. The third-order valence-electron chi connectivity index (χ3n) is 4.92. The second-order valence-electron chi connectivity index (χ2n) is 7.25. The molecule has 1 atom stereocenters. The van der Waals surface area contributed by atoms with Crippen molar-refractivity contribution in [2.45, 2.75) is 52.0 Å². The average Bonchev–Trinajstić information content (AvgIpc) is 2.46. The third kappa shape index (κ3) is 4.19. The first-order valence-electron chi connectivity index (χ1n) is 8.22. The number of amides is 1. The highest BCUT2D eigenvalue weighted by molar-refractivity contribution is 5.78. The summed E-state index contributed by atoms with van der Waals surface area (Å²) < 4.78 is 0. The molecule has 2 rings (SSSR count). The minimum absolute atomic E-state index is 0.0667. The number of hydrogen-bond donors (Lipinski definition) is 2. The summed E-state index contributed by atoms with van der Waals surface area (Å²) in [6.07, 6.45) is 4.58. The van der Waals surface area contributed by atoms with Crippen molar-refractivity contribution in [2.24, 2.45) is 11.8 Å². The number of nitrogens with one attached hydrogen (secondary N) is 2. The quantitative estimate of drug-likeness (QED) is 0.823. The van der Waals surface area contributed by atoms with Crippen LogP contribution < -0.4 is 10.6 Å². The topological polar surface area (TPSA) is 44.4 Å². The van der Waals surface area contributed by atoms with E-state index in [1.807, 2.05) is 0 Å². The normalized spacial score (nSPS) is 26.4. The molecule has 2 aliphatic rings. The number of carbonyl (C=O) groups is 1. The molecule has 116 valence electrons. The SMILES string of the molecule is CC1CCCN(C(C)(C)CNC(=O)C2CCNCC2)C1. The van der Waals surface area contributed by atoms with Gasteiger partial charge in [0.15, 0.2) is 0 Å². The molecular weight excluding hydrogens is 250 g/mol. The van der Waals surface area contributed by atoms with Gasteiger partial charge in [0.05, 0.1) is 0 Å². The van der Waals surface area contributed by atoms with Gasteiger partial charge < -0.3 is 10.6 Å². The van der Waals surface area contributed by atoms with E-state index in [2.05, 4.69) is 36.3 Å². The van der Waals surface area contributed by atoms with Crippen molar-refractivity contribution in [2.75, 3.05) is 32.7 Å². The second kappa shape index (κ2) is 6.90. The van der Waals surface area contributed by atoms with Crippen LogP contribution >= 0.6 is 0 Å². The molecule has 2 saturated heterocycles. The van der Waals surface area contributed by atoms with E-state index in [4.69, 9.17) is 0 Å². The van der Waals surface area contributed by atoms with E-state index in [-0.39, 0.29) is 17.4 Å². The van der Waals surface area contributed by atoms with Crippen LogP contribution in [-0.4, -0.2) is 49.1 Å². The summed E-state index contributed by atoms with van der Waals surface area (Å²) in [5, 5.41) is 6.51. The maximum atomic E-state index is 12.2. The monoisotopic (exact) mass is 281 g/mol. The number of rotatable bonds is 4. The molecule has 2 N–H and O–H groups in total. The Balaban J connectivity index is 1.80. The molecule has 2 heterocycles. The summed E-state index contributed by atoms with van der Waals surface area (Å²) in [5.74, 6) is 1.25. The highest BCUT2D eigenvalue weighted by atomic mass is 16.1. The van der Waals surface area contributed by atoms with Crippen LogP contribution in [0.3, 0.4) is 0 Å². The van der Waals surface area contributed by atoms with Crippen molar-refractivity contribution in [3.63, 3.8) is 0 Å². The van der Waals surface area contributed by atoms with E-state index in [0.717, 1.165) is 44.9 Å². The molecular formula is C16H31N3O. The lowest BCUT2D eigenvalue weighted by atomic mass is 9.93. The lowest BCUT2D eigenvalue weighted by molar-refractivity contribution is -0.126. The summed E-state index contributed by atoms with van der Waals surface area (Å²) in [6, 6.07) is 0. The van der Waals surface area contributed by atoms with Crippen molar-refractivity contribution in [1.29, 1.82) is 0 Å². The van der Waals surface area contributed by atoms with E-state index < -0.39 is 0 Å². The Morgan fingerprint density at radius 3 is 2.65 bits per heavy atom. The van der Waals surface area contributed by atoms with Gasteiger partial charge in [-0.15, -0.1) is 0 Å². The van der Waals surface area contributed by atoms with Crippen LogP contribution in [0.2, 0.25) is 0 Å². The molecule has 20 heavy (non-hydrogen) atoms. The van der Waals surface area contributed by atoms with Crippen LogP contribution in [0.1, 0.15) is 46.5 Å². The van der Waals surface area contributed by atoms with Gasteiger partial charge in [0, 0.05) is 24.5 Å². The number of piperidine rings is 2. The smallest absolute Gasteiger partial charge is 0.223 e. The maximum Gasteiger partial charge on any atom is 0.223 e. The summed E-state index contributed by atoms with van der Waals surface area (Å²) in [4.78, 5) is 14.8. The molecule has 0 bridgehead atoms. The van der Waals surface area contributed by atoms with Gasteiger partial charge in [-0.2, -0.15) is 0 Å². The first kappa shape index (κ1) is 15.8. The van der Waals surface area contributed by atoms with Crippen molar-refractivity contribution in [1.82, 2.24) is 15.5 Å². The Labute approximate surface area is 123 Å². The fourth-order valence-electron chi connectivity index (χ4n) is 3.38. The summed E-state index contributed by atoms with van der Waals surface area (Å²) >= 11 is 0. The Bertz CT molecular complexity index is 324. The van der Waals surface area contributed by atoms with Crippen LogP contribution in [0.25, 0.3) is 0 Å². The van der Waals surface area contributed by atoms with E-state index in [1.54, 1.807) is 0 Å². The molecule has 0 radical (unpaired) electrons. The zero-order valence-electron chi connectivity index (χ0n) is 13.4. The molecule has 2 aliphatic heterocycles. The van der Waals surface area contributed by atoms with Gasteiger partial charge in [-0.1, -0.05) is 6.92 Å². The second-order valence-corrected chi connectivity index (χ2v) is 7.25. The molecule has 2 fully saturated rings. The highest BCUT2D eigenvalue weighted by Gasteiger charge is 2.31. The fraction of sp³-hybridized carbons (Fsp3) is 0.938. The number of hydrogen-bond acceptors (Lipinski definition) is 3. The number of nitrogens with zero attached hydrogens (tertiary/aromatic N) is 1. The first-order valence-corrected chi connectivity index (χ1v) is 8.22. The molecule has 0 aromatic rings. The summed E-state index contributed by atoms with van der Waals surface area (Å²) in [5.41, 5.74) is 0.0667. The van der Waals surface area contributed by atoms with Crippen LogP contribution in [0.4, 0.5) is 0 Å². The Hall–Kier alpha value is -0.610. The minimum atomic E-state index is 0.0667. The molecule has 4 heteroatoms. The average molecular weight is 281 g/mol. The third-order valence-corrected chi connectivity index (χ3v) is 4.92. The van der Waals surface area contributed by atoms with Crippen molar-refractivity contribution in [3.8, 4) is 0 Å². The standard InChI is InChI=1S/C16H31N3O/c1-13-5-4-10-19(11-13)16(2,3)12-18-15(20)14-6-8-17-9-7-14/h13-14,17H,4-12H2,1-3H3,(H,18,20). The van der Waals surface area contributed by atoms with Crippen molar-refractivity contribution < 1.29 is 4.79 Å². The minimum Gasteiger partial charge on any atom is -0.354 e. The zero-order chi connectivity index (χ0) is 14.6. The van der Waals surface area contributed by atoms with E-state index in [1.165, 1.54) is 19.4 Å². The van der Waals surface area contributed by atoms with E-state index in [0.29, 0.717) is 0 Å². The van der Waals surface area contributed by atoms with Crippen LogP contribution in [-0.2, 0) is 4.79 Å². The van der Waals surface area contributed by atoms with Gasteiger partial charge in [0.2, 0.25) is 5.91 Å². The first-order chi connectivity index (χ1) is 9.49. The summed E-state index contributed by atoms with van der Waals surface area (Å²) in [7, 11) is 0. The summed E-state index contributed by atoms with van der Waals surface area (Å²) in [6.45, 7) is 11.9. The predicted molar refractivity (Wildman–Crippen MR) is 82.7 cm³/mol. The zero-order valence-corrected chi connectivity index (χ0v) is 13.4. The van der Waals surface area contributed by atoms with Crippen molar-refractivity contribution in [3.05, 3.63) is 0 Å². The van der Waals surface area contributed by atoms with Gasteiger partial charge in [-0.25, -0.2) is 0 Å². The van der Waals surface area contributed by atoms with Gasteiger partial charge in [-0.3, -0.25) is 9.69 Å². The van der Waals surface area contributed by atoms with Crippen LogP contribution in [0, 0.1) is 11.8 Å². The molecule has 0 aliphatic carbocycles. The van der Waals surface area contributed by atoms with Gasteiger partial charge in [0.25, 0.3) is 0 Å². The molecule has 0 aromatic heterocycles. The Kier molecular flexibility index (Phi) is 5.44. The van der Waals surface area contributed by atoms with Gasteiger partial charge >= 0.3 is 0 Å². The molecule has 4 nitrogen and oxygen atoms in total. The highest BCUT2D eigenvalue weighted by Crippen LogP contribution is 2.23. The molecule has 0 aromatic carbocycles. The number of carbonyl (C=O) groups excluding carboxylic acids is 1. The van der Waals surface area contributed by atoms with Gasteiger partial charge in [0.1, 0.15) is 0 Å². The Morgan fingerprint density at radius 1 is 1.30 bits per heavy atom. The van der Waals surface area contributed by atoms with E-state index in [9.17, 15) is 4.79 Å². The fourth-order valence-corrected chi connectivity index (χ4v) is 3.38. The molecule has 0 saturated carbocycles. The predicted octanol–water partition coefficient (Wildman–Crippen LogP) is 1.61. The maximum absolute atomic E-state index is 12.2. The van der Waals surface area contributed by atoms with E-state index >= 15 is 0 Å². The molecule has 1 amide bonds. The van der Waals surface area contributed by atoms with Gasteiger partial charge in [-0.05, 0) is 65.1 Å². The lowest BCUT2D eigenvalue weighted by Crippen LogP contribution is -2.55. The van der Waals surface area contributed by atoms with Crippen LogP contribution in [0.15, 0.2) is 0 Å². The van der Waals surface area contributed by atoms with Crippen molar-refractivity contribution >= 4 is 5.91 Å². The van der Waals surface area contributed by atoms with Crippen LogP contribution in [0.5, 0.6) is 0 Å². The Morgan fingerprint density at radius 2 is 2.00 bits per heavy atom. The molecule has 1 unspecified atom stereocenters. The number of likely N-dealkylation sites (tertiary alicyclic amines) is 1. The largest absolute Gasteiger partial charge is 0.354 e.